The van der Waals surface area contributed by atoms with E-state index < -0.39 is 31.0 Å². The Balaban J connectivity index is 2.61. The van der Waals surface area contributed by atoms with Gasteiger partial charge in [0.15, 0.2) is 0 Å². The van der Waals surface area contributed by atoms with Crippen LogP contribution in [0, 0.1) is 13.8 Å². The predicted octanol–water partition coefficient (Wildman–Crippen LogP) is 0.446. The van der Waals surface area contributed by atoms with Gasteiger partial charge in [-0.25, -0.2) is 4.79 Å². The molecule has 0 saturated heterocycles. The molecule has 0 aliphatic heterocycles. The van der Waals surface area contributed by atoms with E-state index in [-0.39, 0.29) is 6.54 Å². The third-order valence-electron chi connectivity index (χ3n) is 2.59. The fourth-order valence-electron chi connectivity index (χ4n) is 1.56. The van der Waals surface area contributed by atoms with Gasteiger partial charge in [-0.2, -0.15) is 0 Å². The number of amides is 3. The first-order chi connectivity index (χ1) is 9.29. The van der Waals surface area contributed by atoms with Crippen LogP contribution in [0.1, 0.15) is 15.3 Å². The zero-order chi connectivity index (χ0) is 15.3. The molecule has 0 aromatic carbocycles. The van der Waals surface area contributed by atoms with Crippen molar-refractivity contribution in [3.8, 4) is 0 Å². The van der Waals surface area contributed by atoms with Crippen LogP contribution in [-0.2, 0) is 16.1 Å². The highest BCUT2D eigenvalue weighted by Crippen LogP contribution is 2.20. The van der Waals surface area contributed by atoms with Crippen molar-refractivity contribution >= 4 is 29.2 Å². The summed E-state index contributed by atoms with van der Waals surface area (Å²) in [6.07, 6.45) is 0. The van der Waals surface area contributed by atoms with Crippen molar-refractivity contribution in [2.75, 3.05) is 13.1 Å². The van der Waals surface area contributed by atoms with E-state index in [0.29, 0.717) is 0 Å². The largest absolute Gasteiger partial charge is 0.480 e. The van der Waals surface area contributed by atoms with E-state index in [0.717, 1.165) is 20.2 Å². The van der Waals surface area contributed by atoms with Gasteiger partial charge < -0.3 is 21.1 Å². The van der Waals surface area contributed by atoms with Gasteiger partial charge in [0.05, 0.1) is 6.54 Å². The number of urea groups is 1. The van der Waals surface area contributed by atoms with E-state index in [2.05, 4.69) is 5.32 Å². The lowest BCUT2D eigenvalue weighted by Crippen LogP contribution is -2.46. The number of carboxylic acid groups (broad SMARTS) is 1. The van der Waals surface area contributed by atoms with Crippen LogP contribution < -0.4 is 11.1 Å². The summed E-state index contributed by atoms with van der Waals surface area (Å²) in [5.74, 6) is -1.96. The third-order valence-corrected chi connectivity index (χ3v) is 3.74. The van der Waals surface area contributed by atoms with Crippen molar-refractivity contribution in [1.29, 1.82) is 0 Å². The van der Waals surface area contributed by atoms with Gasteiger partial charge in [-0.1, -0.05) is 0 Å². The van der Waals surface area contributed by atoms with Gasteiger partial charge in [0.2, 0.25) is 5.91 Å². The Hall–Kier alpha value is -2.09. The van der Waals surface area contributed by atoms with E-state index in [1.165, 1.54) is 0 Å². The molecule has 110 valence electrons. The number of nitrogens with one attached hydrogen (secondary N) is 1. The quantitative estimate of drug-likeness (QED) is 0.707. The molecule has 0 fully saturated rings. The highest BCUT2D eigenvalue weighted by molar-refractivity contribution is 7.12. The van der Waals surface area contributed by atoms with Crippen LogP contribution in [0.25, 0.3) is 0 Å². The van der Waals surface area contributed by atoms with Gasteiger partial charge in [-0.05, 0) is 25.5 Å². The summed E-state index contributed by atoms with van der Waals surface area (Å²) < 4.78 is 0. The molecular weight excluding hydrogens is 282 g/mol. The van der Waals surface area contributed by atoms with Crippen molar-refractivity contribution in [1.82, 2.24) is 10.2 Å². The molecule has 0 aliphatic rings. The number of nitrogens with two attached hydrogens (primary N) is 1. The van der Waals surface area contributed by atoms with Gasteiger partial charge in [0, 0.05) is 9.75 Å². The minimum absolute atomic E-state index is 0.285. The summed E-state index contributed by atoms with van der Waals surface area (Å²) >= 11 is 1.55. The second-order valence-corrected chi connectivity index (χ2v) is 5.67. The molecule has 1 rings (SSSR count). The Labute approximate surface area is 120 Å². The van der Waals surface area contributed by atoms with Crippen LogP contribution >= 0.6 is 11.3 Å². The fraction of sp³-hybridized carbons (Fsp3) is 0.417. The average Bonchev–Trinajstić information content (AvgIpc) is 2.64. The molecule has 1 heterocycles. The molecule has 20 heavy (non-hydrogen) atoms. The summed E-state index contributed by atoms with van der Waals surface area (Å²) in [6, 6.07) is 1.32. The monoisotopic (exact) mass is 299 g/mol. The molecule has 4 N–H and O–H groups in total. The SMILES string of the molecule is Cc1cc(CNC(=O)N(CC(N)=O)CC(=O)O)sc1C. The molecule has 7 nitrogen and oxygen atoms in total. The van der Waals surface area contributed by atoms with Crippen LogP contribution in [0.4, 0.5) is 4.79 Å². The number of hydrogen-bond acceptors (Lipinski definition) is 4. The first-order valence-electron chi connectivity index (χ1n) is 5.88. The Bertz CT molecular complexity index is 491. The molecule has 0 radical (unpaired) electrons. The number of carboxylic acids is 1. The average molecular weight is 299 g/mol. The molecule has 0 aliphatic carbocycles. The number of hydrogen-bond donors (Lipinski definition) is 3. The Kier molecular flexibility index (Phi) is 5.51. The van der Waals surface area contributed by atoms with Gasteiger partial charge >= 0.3 is 12.0 Å². The summed E-state index contributed by atoms with van der Waals surface area (Å²) in [5.41, 5.74) is 6.12. The zero-order valence-corrected chi connectivity index (χ0v) is 12.1. The Morgan fingerprint density at radius 1 is 1.35 bits per heavy atom. The van der Waals surface area contributed by atoms with E-state index in [1.54, 1.807) is 11.3 Å². The van der Waals surface area contributed by atoms with Crippen molar-refractivity contribution < 1.29 is 19.5 Å². The summed E-state index contributed by atoms with van der Waals surface area (Å²) in [6.45, 7) is 3.24. The smallest absolute Gasteiger partial charge is 0.323 e. The summed E-state index contributed by atoms with van der Waals surface area (Å²) in [4.78, 5) is 36.3. The zero-order valence-electron chi connectivity index (χ0n) is 11.3. The number of carbonyl (C=O) groups is 3. The van der Waals surface area contributed by atoms with Gasteiger partial charge in [-0.15, -0.1) is 11.3 Å². The second kappa shape index (κ2) is 6.90. The summed E-state index contributed by atoms with van der Waals surface area (Å²) in [5, 5.41) is 11.3. The molecule has 1 aromatic rings. The number of aliphatic carboxylic acids is 1. The van der Waals surface area contributed by atoms with Crippen molar-refractivity contribution in [2.45, 2.75) is 20.4 Å². The molecule has 3 amide bonds. The number of primary amides is 1. The normalized spacial score (nSPS) is 10.1. The first-order valence-corrected chi connectivity index (χ1v) is 6.70. The van der Waals surface area contributed by atoms with E-state index in [1.807, 2.05) is 19.9 Å². The predicted molar refractivity (Wildman–Crippen MR) is 74.4 cm³/mol. The number of thiophene rings is 1. The van der Waals surface area contributed by atoms with Gasteiger partial charge in [0.25, 0.3) is 0 Å². The van der Waals surface area contributed by atoms with Crippen LogP contribution in [0.2, 0.25) is 0 Å². The number of carbonyl (C=O) groups excluding carboxylic acids is 2. The third kappa shape index (κ3) is 4.88. The second-order valence-electron chi connectivity index (χ2n) is 4.33. The van der Waals surface area contributed by atoms with E-state index in [4.69, 9.17) is 10.8 Å². The standard InChI is InChI=1S/C12H17N3O4S/c1-7-3-9(20-8(7)2)4-14-12(19)15(5-10(13)16)6-11(17)18/h3H,4-6H2,1-2H3,(H2,13,16)(H,14,19)(H,17,18). The highest BCUT2D eigenvalue weighted by Gasteiger charge is 2.18. The van der Waals surface area contributed by atoms with Gasteiger partial charge in [0.1, 0.15) is 13.1 Å². The number of aryl methyl sites for hydroxylation is 2. The molecule has 0 bridgehead atoms. The molecule has 0 saturated carbocycles. The molecule has 0 atom stereocenters. The molecular formula is C12H17N3O4S. The van der Waals surface area contributed by atoms with Crippen LogP contribution in [0.5, 0.6) is 0 Å². The minimum Gasteiger partial charge on any atom is -0.480 e. The molecule has 0 spiro atoms. The highest BCUT2D eigenvalue weighted by atomic mass is 32.1. The van der Waals surface area contributed by atoms with E-state index >= 15 is 0 Å². The summed E-state index contributed by atoms with van der Waals surface area (Å²) in [7, 11) is 0. The van der Waals surface area contributed by atoms with Gasteiger partial charge in [-0.3, -0.25) is 9.59 Å². The fourth-order valence-corrected chi connectivity index (χ4v) is 2.56. The first kappa shape index (κ1) is 16.0. The maximum atomic E-state index is 11.8. The lowest BCUT2D eigenvalue weighted by Gasteiger charge is -2.19. The Morgan fingerprint density at radius 3 is 2.45 bits per heavy atom. The topological polar surface area (TPSA) is 113 Å². The van der Waals surface area contributed by atoms with Crippen molar-refractivity contribution in [3.63, 3.8) is 0 Å². The van der Waals surface area contributed by atoms with Crippen LogP contribution in [0.15, 0.2) is 6.07 Å². The lowest BCUT2D eigenvalue weighted by molar-refractivity contribution is -0.137. The van der Waals surface area contributed by atoms with Crippen LogP contribution in [0.3, 0.4) is 0 Å². The lowest BCUT2D eigenvalue weighted by atomic mass is 10.3. The molecule has 1 aromatic heterocycles. The maximum absolute atomic E-state index is 11.8. The molecule has 8 heteroatoms. The van der Waals surface area contributed by atoms with Crippen molar-refractivity contribution in [2.24, 2.45) is 5.73 Å². The number of nitrogens with zero attached hydrogens (tertiary/aromatic N) is 1. The maximum Gasteiger partial charge on any atom is 0.323 e. The van der Waals surface area contributed by atoms with Crippen LogP contribution in [-0.4, -0.2) is 41.0 Å². The number of rotatable bonds is 6. The Morgan fingerprint density at radius 2 is 2.00 bits per heavy atom. The minimum atomic E-state index is -1.20. The van der Waals surface area contributed by atoms with Crippen molar-refractivity contribution in [3.05, 3.63) is 21.4 Å². The molecule has 0 unspecified atom stereocenters. The van der Waals surface area contributed by atoms with E-state index in [9.17, 15) is 14.4 Å².